The monoisotopic (exact) mass is 355 g/mol. The molecule has 1 aromatic carbocycles. The third kappa shape index (κ3) is 4.56. The van der Waals surface area contributed by atoms with E-state index in [1.807, 2.05) is 35.7 Å². The minimum atomic E-state index is -0.251. The van der Waals surface area contributed by atoms with Crippen LogP contribution in [-0.2, 0) is 4.79 Å². The topological polar surface area (TPSA) is 81.0 Å². The lowest BCUT2D eigenvalue weighted by Crippen LogP contribution is -2.41. The number of rotatable bonds is 7. The van der Waals surface area contributed by atoms with Crippen LogP contribution >= 0.6 is 11.3 Å². The van der Waals surface area contributed by atoms with Crippen molar-refractivity contribution in [1.29, 1.82) is 5.26 Å². The van der Waals surface area contributed by atoms with Gasteiger partial charge in [0.1, 0.15) is 6.04 Å². The Morgan fingerprint density at radius 3 is 3.00 bits per heavy atom. The second-order valence-corrected chi connectivity index (χ2v) is 6.74. The van der Waals surface area contributed by atoms with Gasteiger partial charge in [0, 0.05) is 30.6 Å². The van der Waals surface area contributed by atoms with Gasteiger partial charge in [-0.05, 0) is 12.8 Å². The van der Waals surface area contributed by atoms with Crippen molar-refractivity contribution in [1.82, 2.24) is 15.2 Å². The van der Waals surface area contributed by atoms with Gasteiger partial charge in [0.25, 0.3) is 0 Å². The second-order valence-electron chi connectivity index (χ2n) is 5.88. The first-order valence-electron chi connectivity index (χ1n) is 8.42. The van der Waals surface area contributed by atoms with Gasteiger partial charge >= 0.3 is 0 Å². The lowest BCUT2D eigenvalue weighted by Gasteiger charge is -2.19. The Bertz CT molecular complexity index is 739. The molecule has 1 amide bonds. The van der Waals surface area contributed by atoms with Crippen molar-refractivity contribution < 1.29 is 4.79 Å². The van der Waals surface area contributed by atoms with Crippen molar-refractivity contribution >= 4 is 22.4 Å². The molecule has 1 aliphatic heterocycles. The molecule has 2 heterocycles. The molecule has 1 fully saturated rings. The van der Waals surface area contributed by atoms with E-state index in [9.17, 15) is 4.79 Å². The molecule has 0 unspecified atom stereocenters. The molecule has 2 aromatic rings. The number of nitrogens with one attached hydrogen (secondary N) is 2. The minimum absolute atomic E-state index is 0.00432. The molecule has 0 aliphatic carbocycles. The average molecular weight is 355 g/mol. The zero-order valence-electron chi connectivity index (χ0n) is 13.9. The summed E-state index contributed by atoms with van der Waals surface area (Å²) in [5.74, 6) is 0.00432. The normalized spacial score (nSPS) is 16.6. The molecule has 0 bridgehead atoms. The fraction of sp³-hybridized carbons (Fsp3) is 0.389. The highest BCUT2D eigenvalue weighted by molar-refractivity contribution is 7.14. The molecule has 7 heteroatoms. The van der Waals surface area contributed by atoms with E-state index in [1.54, 1.807) is 16.2 Å². The van der Waals surface area contributed by atoms with Crippen LogP contribution in [0.2, 0.25) is 0 Å². The predicted molar refractivity (Wildman–Crippen MR) is 99.3 cm³/mol. The Kier molecular flexibility index (Phi) is 5.99. The quantitative estimate of drug-likeness (QED) is 0.745. The standard InChI is InChI=1S/C18H21N5OS/c19-11-15-7-4-10-23(15)17(24)12-20-8-9-21-18-22-16(13-25-18)14-5-2-1-3-6-14/h1-3,5-6,13,15,20H,4,7-10,12H2,(H,21,22)/t15-/m0/s1. The van der Waals surface area contributed by atoms with E-state index in [2.05, 4.69) is 21.7 Å². The smallest absolute Gasteiger partial charge is 0.237 e. The number of nitrogens with zero attached hydrogens (tertiary/aromatic N) is 3. The van der Waals surface area contributed by atoms with Crippen LogP contribution in [0.5, 0.6) is 0 Å². The zero-order chi connectivity index (χ0) is 17.5. The van der Waals surface area contributed by atoms with Gasteiger partial charge in [-0.15, -0.1) is 11.3 Å². The number of amides is 1. The van der Waals surface area contributed by atoms with Gasteiger partial charge in [-0.1, -0.05) is 30.3 Å². The molecule has 2 N–H and O–H groups in total. The van der Waals surface area contributed by atoms with Gasteiger partial charge in [0.05, 0.1) is 18.3 Å². The molecule has 6 nitrogen and oxygen atoms in total. The highest BCUT2D eigenvalue weighted by Crippen LogP contribution is 2.24. The van der Waals surface area contributed by atoms with Gasteiger partial charge in [-0.25, -0.2) is 4.98 Å². The Balaban J connectivity index is 1.37. The molecule has 1 aliphatic rings. The van der Waals surface area contributed by atoms with Crippen LogP contribution in [-0.4, -0.2) is 48.0 Å². The summed E-state index contributed by atoms with van der Waals surface area (Å²) in [6.45, 7) is 2.32. The molecule has 1 aromatic heterocycles. The number of hydrogen-bond donors (Lipinski definition) is 2. The Morgan fingerprint density at radius 1 is 1.36 bits per heavy atom. The first-order valence-corrected chi connectivity index (χ1v) is 9.30. The minimum Gasteiger partial charge on any atom is -0.360 e. The lowest BCUT2D eigenvalue weighted by atomic mass is 10.2. The molecule has 0 spiro atoms. The number of likely N-dealkylation sites (tertiary alicyclic amines) is 1. The van der Waals surface area contributed by atoms with E-state index in [0.29, 0.717) is 19.6 Å². The summed E-state index contributed by atoms with van der Waals surface area (Å²) >= 11 is 1.57. The van der Waals surface area contributed by atoms with Crippen molar-refractivity contribution in [3.05, 3.63) is 35.7 Å². The van der Waals surface area contributed by atoms with Crippen molar-refractivity contribution in [2.24, 2.45) is 0 Å². The third-order valence-corrected chi connectivity index (χ3v) is 4.95. The van der Waals surface area contributed by atoms with Crippen molar-refractivity contribution in [2.45, 2.75) is 18.9 Å². The first-order chi connectivity index (χ1) is 12.3. The number of thiazole rings is 1. The molecule has 1 atom stereocenters. The van der Waals surface area contributed by atoms with Gasteiger partial charge in [0.2, 0.25) is 5.91 Å². The SMILES string of the molecule is N#C[C@@H]1CCCN1C(=O)CNCCNc1nc(-c2ccccc2)cs1. The molecule has 130 valence electrons. The zero-order valence-corrected chi connectivity index (χ0v) is 14.8. The maximum atomic E-state index is 12.1. The highest BCUT2D eigenvalue weighted by Gasteiger charge is 2.27. The molecular weight excluding hydrogens is 334 g/mol. The van der Waals surface area contributed by atoms with E-state index in [0.717, 1.165) is 29.2 Å². The molecule has 1 saturated heterocycles. The van der Waals surface area contributed by atoms with Crippen LogP contribution < -0.4 is 10.6 Å². The van der Waals surface area contributed by atoms with Gasteiger partial charge in [-0.3, -0.25) is 4.79 Å². The fourth-order valence-electron chi connectivity index (χ4n) is 2.85. The van der Waals surface area contributed by atoms with E-state index in [4.69, 9.17) is 5.26 Å². The third-order valence-electron chi connectivity index (χ3n) is 4.15. The van der Waals surface area contributed by atoms with Crippen LogP contribution in [0.3, 0.4) is 0 Å². The fourth-order valence-corrected chi connectivity index (χ4v) is 3.60. The van der Waals surface area contributed by atoms with Gasteiger partial charge in [0.15, 0.2) is 5.13 Å². The summed E-state index contributed by atoms with van der Waals surface area (Å²) in [7, 11) is 0. The van der Waals surface area contributed by atoms with E-state index in [1.165, 1.54) is 0 Å². The van der Waals surface area contributed by atoms with Crippen LogP contribution in [0, 0.1) is 11.3 Å². The van der Waals surface area contributed by atoms with E-state index >= 15 is 0 Å². The summed E-state index contributed by atoms with van der Waals surface area (Å²) in [4.78, 5) is 18.3. The Morgan fingerprint density at radius 2 is 2.20 bits per heavy atom. The number of benzene rings is 1. The Hall–Kier alpha value is -2.43. The highest BCUT2D eigenvalue weighted by atomic mass is 32.1. The van der Waals surface area contributed by atoms with E-state index in [-0.39, 0.29) is 18.5 Å². The Labute approximate surface area is 151 Å². The molecule has 25 heavy (non-hydrogen) atoms. The largest absolute Gasteiger partial charge is 0.360 e. The van der Waals surface area contributed by atoms with Gasteiger partial charge < -0.3 is 15.5 Å². The number of carbonyl (C=O) groups excluding carboxylic acids is 1. The number of carbonyl (C=O) groups is 1. The average Bonchev–Trinajstić information content (AvgIpc) is 3.31. The number of hydrogen-bond acceptors (Lipinski definition) is 6. The summed E-state index contributed by atoms with van der Waals surface area (Å²) in [5, 5.41) is 18.3. The van der Waals surface area contributed by atoms with Crippen LogP contribution in [0.25, 0.3) is 11.3 Å². The number of nitriles is 1. The van der Waals surface area contributed by atoms with Crippen LogP contribution in [0.4, 0.5) is 5.13 Å². The first kappa shape index (κ1) is 17.4. The van der Waals surface area contributed by atoms with Crippen molar-refractivity contribution in [3.63, 3.8) is 0 Å². The van der Waals surface area contributed by atoms with Crippen LogP contribution in [0.1, 0.15) is 12.8 Å². The summed E-state index contributed by atoms with van der Waals surface area (Å²) in [6.07, 6.45) is 1.71. The lowest BCUT2D eigenvalue weighted by molar-refractivity contribution is -0.130. The molecule has 0 saturated carbocycles. The summed E-state index contributed by atoms with van der Waals surface area (Å²) in [6, 6.07) is 12.0. The van der Waals surface area contributed by atoms with E-state index < -0.39 is 0 Å². The molecule has 3 rings (SSSR count). The molecule has 0 radical (unpaired) electrons. The van der Waals surface area contributed by atoms with Crippen LogP contribution in [0.15, 0.2) is 35.7 Å². The predicted octanol–water partition coefficient (Wildman–Crippen LogP) is 2.33. The summed E-state index contributed by atoms with van der Waals surface area (Å²) < 4.78 is 0. The molecular formula is C18H21N5OS. The maximum Gasteiger partial charge on any atom is 0.237 e. The summed E-state index contributed by atoms with van der Waals surface area (Å²) in [5.41, 5.74) is 2.07. The number of anilines is 1. The van der Waals surface area contributed by atoms with Crippen molar-refractivity contribution in [3.8, 4) is 17.3 Å². The maximum absolute atomic E-state index is 12.1. The van der Waals surface area contributed by atoms with Crippen molar-refractivity contribution in [2.75, 3.05) is 31.5 Å². The number of aromatic nitrogens is 1. The van der Waals surface area contributed by atoms with Gasteiger partial charge in [-0.2, -0.15) is 5.26 Å². The second kappa shape index (κ2) is 8.60.